The fraction of sp³-hybridized carbons (Fsp3) is 0.167. The first-order valence-electron chi connectivity index (χ1n) is 9.57. The van der Waals surface area contributed by atoms with E-state index in [4.69, 9.17) is 19.6 Å². The molecule has 3 aromatic carbocycles. The Bertz CT molecular complexity index is 1090. The molecular weight excluding hydrogens is 510 g/mol. The zero-order valence-corrected chi connectivity index (χ0v) is 19.0. The van der Waals surface area contributed by atoms with Crippen molar-refractivity contribution in [2.75, 3.05) is 6.61 Å². The molecule has 0 N–H and O–H groups in total. The quantitative estimate of drug-likeness (QED) is 0.199. The summed E-state index contributed by atoms with van der Waals surface area (Å²) in [4.78, 5) is 5.36. The van der Waals surface area contributed by atoms with Gasteiger partial charge in [0, 0.05) is 11.1 Å². The van der Waals surface area contributed by atoms with Crippen LogP contribution >= 0.6 is 22.6 Å². The van der Waals surface area contributed by atoms with Crippen molar-refractivity contribution in [2.45, 2.75) is 20.1 Å². The van der Waals surface area contributed by atoms with Gasteiger partial charge in [-0.3, -0.25) is 0 Å². The predicted octanol–water partition coefficient (Wildman–Crippen LogP) is 5.83. The lowest BCUT2D eigenvalue weighted by molar-refractivity contribution is 0.132. The van der Waals surface area contributed by atoms with Crippen LogP contribution in [0.3, 0.4) is 0 Å². The average molecular weight is 530 g/mol. The Hall–Kier alpha value is -3.12. The smallest absolute Gasteiger partial charge is 0.175 e. The fourth-order valence-corrected chi connectivity index (χ4v) is 3.54. The number of hydrogen-bond acceptors (Lipinski definition) is 5. The van der Waals surface area contributed by atoms with E-state index in [1.807, 2.05) is 37.3 Å². The molecule has 0 saturated heterocycles. The monoisotopic (exact) mass is 530 g/mol. The third-order valence-electron chi connectivity index (χ3n) is 4.26. The van der Waals surface area contributed by atoms with Gasteiger partial charge in [-0.2, -0.15) is 5.26 Å². The molecule has 3 aromatic rings. The SMILES string of the molecule is CCOc1cc(/C=N\OCc2ccccc2C#N)cc(I)c1OCc1ccc(F)cc1. The van der Waals surface area contributed by atoms with Gasteiger partial charge in [-0.05, 0) is 65.4 Å². The topological polar surface area (TPSA) is 63.8 Å². The van der Waals surface area contributed by atoms with E-state index in [0.717, 1.165) is 20.3 Å². The van der Waals surface area contributed by atoms with Crippen LogP contribution in [-0.4, -0.2) is 12.8 Å². The van der Waals surface area contributed by atoms with Gasteiger partial charge in [0.1, 0.15) is 19.0 Å². The van der Waals surface area contributed by atoms with Gasteiger partial charge in [0.2, 0.25) is 0 Å². The van der Waals surface area contributed by atoms with Gasteiger partial charge in [0.25, 0.3) is 0 Å². The fourth-order valence-electron chi connectivity index (χ4n) is 2.76. The minimum Gasteiger partial charge on any atom is -0.490 e. The summed E-state index contributed by atoms with van der Waals surface area (Å²) in [6, 6.07) is 19.3. The summed E-state index contributed by atoms with van der Waals surface area (Å²) in [5.41, 5.74) is 2.98. The van der Waals surface area contributed by atoms with Gasteiger partial charge < -0.3 is 14.3 Å². The van der Waals surface area contributed by atoms with Crippen molar-refractivity contribution in [3.8, 4) is 17.6 Å². The Balaban J connectivity index is 1.69. The Labute approximate surface area is 194 Å². The summed E-state index contributed by atoms with van der Waals surface area (Å²) in [5, 5.41) is 13.1. The highest BCUT2D eigenvalue weighted by atomic mass is 127. The number of hydrogen-bond donors (Lipinski definition) is 0. The van der Waals surface area contributed by atoms with Crippen LogP contribution < -0.4 is 9.47 Å². The zero-order valence-electron chi connectivity index (χ0n) is 16.8. The lowest BCUT2D eigenvalue weighted by Crippen LogP contribution is -2.02. The molecule has 0 atom stereocenters. The third kappa shape index (κ3) is 6.43. The molecule has 3 rings (SSSR count). The molecule has 0 fully saturated rings. The first-order chi connectivity index (χ1) is 15.1. The highest BCUT2D eigenvalue weighted by Crippen LogP contribution is 2.34. The molecular formula is C24H20FIN2O3. The van der Waals surface area contributed by atoms with Crippen molar-refractivity contribution in [3.05, 3.63) is 92.3 Å². The molecule has 31 heavy (non-hydrogen) atoms. The second-order valence-electron chi connectivity index (χ2n) is 6.46. The van der Waals surface area contributed by atoms with Gasteiger partial charge in [-0.1, -0.05) is 35.5 Å². The number of ether oxygens (including phenoxy) is 2. The summed E-state index contributed by atoms with van der Waals surface area (Å²) in [5.74, 6) is 0.927. The molecule has 0 aromatic heterocycles. The molecule has 5 nitrogen and oxygen atoms in total. The van der Waals surface area contributed by atoms with E-state index in [1.165, 1.54) is 12.1 Å². The second-order valence-corrected chi connectivity index (χ2v) is 7.62. The zero-order chi connectivity index (χ0) is 22.1. The largest absolute Gasteiger partial charge is 0.490 e. The van der Waals surface area contributed by atoms with Crippen molar-refractivity contribution in [3.63, 3.8) is 0 Å². The van der Waals surface area contributed by atoms with Crippen molar-refractivity contribution in [1.82, 2.24) is 0 Å². The lowest BCUT2D eigenvalue weighted by atomic mass is 10.1. The highest BCUT2D eigenvalue weighted by Gasteiger charge is 2.12. The molecule has 7 heteroatoms. The molecule has 0 unspecified atom stereocenters. The third-order valence-corrected chi connectivity index (χ3v) is 5.06. The van der Waals surface area contributed by atoms with Crippen molar-refractivity contribution < 1.29 is 18.7 Å². The number of oxime groups is 1. The van der Waals surface area contributed by atoms with Crippen LogP contribution in [0.1, 0.15) is 29.2 Å². The molecule has 0 aliphatic heterocycles. The van der Waals surface area contributed by atoms with Crippen LogP contribution in [0.5, 0.6) is 11.5 Å². The van der Waals surface area contributed by atoms with Crippen LogP contribution in [0, 0.1) is 20.7 Å². The maximum Gasteiger partial charge on any atom is 0.175 e. The van der Waals surface area contributed by atoms with Gasteiger partial charge >= 0.3 is 0 Å². The van der Waals surface area contributed by atoms with Gasteiger partial charge in [0.15, 0.2) is 11.5 Å². The first-order valence-corrected chi connectivity index (χ1v) is 10.7. The van der Waals surface area contributed by atoms with Gasteiger partial charge in [-0.15, -0.1) is 0 Å². The highest BCUT2D eigenvalue weighted by molar-refractivity contribution is 14.1. The lowest BCUT2D eigenvalue weighted by Gasteiger charge is -2.14. The Morgan fingerprint density at radius 3 is 2.58 bits per heavy atom. The molecule has 0 aliphatic carbocycles. The standard InChI is InChI=1S/C24H20FIN2O3/c1-2-29-23-12-18(14-28-31-16-20-6-4-3-5-19(20)13-27)11-22(26)24(23)30-15-17-7-9-21(25)10-8-17/h3-12,14H,2,15-16H2,1H3/b28-14-. The van der Waals surface area contributed by atoms with Crippen molar-refractivity contribution in [2.24, 2.45) is 5.16 Å². The summed E-state index contributed by atoms with van der Waals surface area (Å²) in [7, 11) is 0. The molecule has 0 radical (unpaired) electrons. The summed E-state index contributed by atoms with van der Waals surface area (Å²) < 4.78 is 25.6. The van der Waals surface area contributed by atoms with Gasteiger partial charge in [-0.25, -0.2) is 4.39 Å². The predicted molar refractivity (Wildman–Crippen MR) is 125 cm³/mol. The minimum atomic E-state index is -0.282. The van der Waals surface area contributed by atoms with E-state index < -0.39 is 0 Å². The first kappa shape index (κ1) is 22.6. The normalized spacial score (nSPS) is 10.6. The molecule has 158 valence electrons. The number of benzene rings is 3. The molecule has 0 amide bonds. The Kier molecular flexibility index (Phi) is 8.24. The van der Waals surface area contributed by atoms with E-state index >= 15 is 0 Å². The van der Waals surface area contributed by atoms with Crippen LogP contribution in [0.25, 0.3) is 0 Å². The maximum atomic E-state index is 13.1. The summed E-state index contributed by atoms with van der Waals surface area (Å²) in [6.45, 7) is 2.87. The van der Waals surface area contributed by atoms with Crippen LogP contribution in [0.15, 0.2) is 65.8 Å². The molecule has 0 spiro atoms. The van der Waals surface area contributed by atoms with E-state index in [0.29, 0.717) is 30.3 Å². The minimum absolute atomic E-state index is 0.203. The maximum absolute atomic E-state index is 13.1. The molecule has 0 bridgehead atoms. The van der Waals surface area contributed by atoms with E-state index in [2.05, 4.69) is 33.8 Å². The van der Waals surface area contributed by atoms with Crippen molar-refractivity contribution >= 4 is 28.8 Å². The average Bonchev–Trinajstić information content (AvgIpc) is 2.78. The second kappa shape index (κ2) is 11.3. The van der Waals surface area contributed by atoms with E-state index in [1.54, 1.807) is 24.4 Å². The number of nitriles is 1. The number of nitrogens with zero attached hydrogens (tertiary/aromatic N) is 2. The summed E-state index contributed by atoms with van der Waals surface area (Å²) >= 11 is 2.18. The van der Waals surface area contributed by atoms with Gasteiger partial charge in [0.05, 0.1) is 28.0 Å². The Morgan fingerprint density at radius 2 is 1.84 bits per heavy atom. The van der Waals surface area contributed by atoms with Crippen LogP contribution in [0.2, 0.25) is 0 Å². The number of rotatable bonds is 9. The van der Waals surface area contributed by atoms with Crippen molar-refractivity contribution in [1.29, 1.82) is 5.26 Å². The summed E-state index contributed by atoms with van der Waals surface area (Å²) in [6.07, 6.45) is 1.59. The van der Waals surface area contributed by atoms with E-state index in [9.17, 15) is 4.39 Å². The van der Waals surface area contributed by atoms with Crippen LogP contribution in [-0.2, 0) is 18.1 Å². The van der Waals surface area contributed by atoms with Crippen LogP contribution in [0.4, 0.5) is 4.39 Å². The van der Waals surface area contributed by atoms with E-state index in [-0.39, 0.29) is 12.4 Å². The number of halogens is 2. The molecule has 0 saturated carbocycles. The molecule has 0 heterocycles. The Morgan fingerprint density at radius 1 is 1.06 bits per heavy atom. The molecule has 0 aliphatic rings.